The first-order valence-electron chi connectivity index (χ1n) is 7.10. The molecule has 1 atom stereocenters. The summed E-state index contributed by atoms with van der Waals surface area (Å²) in [5.74, 6) is -0.842. The van der Waals surface area contributed by atoms with E-state index in [1.54, 1.807) is 12.1 Å². The van der Waals surface area contributed by atoms with Crippen LogP contribution in [0.15, 0.2) is 48.7 Å². The third-order valence-corrected chi connectivity index (χ3v) is 3.89. The minimum atomic E-state index is -1.93. The molecule has 24 heavy (non-hydrogen) atoms. The Balaban J connectivity index is 2.18. The summed E-state index contributed by atoms with van der Waals surface area (Å²) >= 11 is 0. The Labute approximate surface area is 137 Å². The molecule has 0 radical (unpaired) electrons. The fraction of sp³-hybridized carbons (Fsp3) is 0.118. The molecule has 7 nitrogen and oxygen atoms in total. The molecule has 1 aliphatic heterocycles. The zero-order valence-electron chi connectivity index (χ0n) is 12.4. The second-order valence-electron chi connectivity index (χ2n) is 5.42. The quantitative estimate of drug-likeness (QED) is 0.431. The Kier molecular flexibility index (Phi) is 3.88. The van der Waals surface area contributed by atoms with Crippen LogP contribution >= 0.6 is 0 Å². The summed E-state index contributed by atoms with van der Waals surface area (Å²) < 4.78 is 5.47. The lowest BCUT2D eigenvalue weighted by Gasteiger charge is -2.35. The number of nitrogens with one attached hydrogen (secondary N) is 1. The maximum absolute atomic E-state index is 11.7. The number of hydrogen-bond donors (Lipinski definition) is 5. The van der Waals surface area contributed by atoms with Crippen LogP contribution < -0.4 is 10.2 Å². The second-order valence-corrected chi connectivity index (χ2v) is 5.42. The number of phenols is 2. The number of hydroxylamine groups is 1. The number of aromatic hydroxyl groups is 2. The molecule has 2 aromatic rings. The molecule has 0 saturated heterocycles. The van der Waals surface area contributed by atoms with E-state index in [1.807, 2.05) is 0 Å². The van der Waals surface area contributed by atoms with Crippen molar-refractivity contribution in [3.05, 3.63) is 59.9 Å². The van der Waals surface area contributed by atoms with E-state index in [9.17, 15) is 20.1 Å². The second kappa shape index (κ2) is 5.88. The highest BCUT2D eigenvalue weighted by Gasteiger charge is 2.44. The van der Waals surface area contributed by atoms with Gasteiger partial charge in [-0.3, -0.25) is 10.0 Å². The van der Waals surface area contributed by atoms with Crippen LogP contribution in [0.25, 0.3) is 5.57 Å². The summed E-state index contributed by atoms with van der Waals surface area (Å²) in [7, 11) is 0. The molecule has 0 spiro atoms. The van der Waals surface area contributed by atoms with Crippen molar-refractivity contribution in [2.75, 3.05) is 0 Å². The van der Waals surface area contributed by atoms with Gasteiger partial charge in [-0.15, -0.1) is 0 Å². The zero-order valence-corrected chi connectivity index (χ0v) is 12.4. The molecule has 1 amide bonds. The SMILES string of the molecule is O=C(CC1(O)C(c2ccc(O)cc2)=COc2cccc(O)c21)NO. The van der Waals surface area contributed by atoms with Gasteiger partial charge in [0, 0.05) is 5.57 Å². The topological polar surface area (TPSA) is 119 Å². The summed E-state index contributed by atoms with van der Waals surface area (Å²) in [6, 6.07) is 10.4. The number of aliphatic hydroxyl groups is 1. The molecule has 124 valence electrons. The first-order valence-corrected chi connectivity index (χ1v) is 7.10. The number of phenolic OH excluding ortho intramolecular Hbond substituents is 2. The molecule has 2 aromatic carbocycles. The third kappa shape index (κ3) is 2.55. The van der Waals surface area contributed by atoms with Gasteiger partial charge in [0.05, 0.1) is 18.2 Å². The van der Waals surface area contributed by atoms with Crippen LogP contribution in [0.5, 0.6) is 17.2 Å². The number of rotatable bonds is 3. The van der Waals surface area contributed by atoms with Gasteiger partial charge in [-0.1, -0.05) is 18.2 Å². The Bertz CT molecular complexity index is 814. The Hall–Kier alpha value is -3.03. The van der Waals surface area contributed by atoms with E-state index in [0.29, 0.717) is 5.56 Å². The molecule has 0 fully saturated rings. The molecule has 7 heteroatoms. The van der Waals surface area contributed by atoms with E-state index in [2.05, 4.69) is 0 Å². The van der Waals surface area contributed by atoms with Crippen molar-refractivity contribution in [3.63, 3.8) is 0 Å². The molecule has 5 N–H and O–H groups in total. The Morgan fingerprint density at radius 2 is 1.83 bits per heavy atom. The fourth-order valence-electron chi connectivity index (χ4n) is 2.79. The van der Waals surface area contributed by atoms with Crippen LogP contribution in [0.2, 0.25) is 0 Å². The summed E-state index contributed by atoms with van der Waals surface area (Å²) in [5.41, 5.74) is 0.269. The van der Waals surface area contributed by atoms with Crippen molar-refractivity contribution in [2.24, 2.45) is 0 Å². The molecular weight excluding hydrogens is 314 g/mol. The van der Waals surface area contributed by atoms with Crippen molar-refractivity contribution < 1.29 is 30.1 Å². The number of ether oxygens (including phenoxy) is 1. The first kappa shape index (κ1) is 15.9. The largest absolute Gasteiger partial charge is 0.508 e. The average molecular weight is 329 g/mol. The molecule has 3 rings (SSSR count). The smallest absolute Gasteiger partial charge is 0.246 e. The normalized spacial score (nSPS) is 19.0. The molecule has 1 heterocycles. The standard InChI is InChI=1S/C17H15NO6/c19-11-6-4-10(5-7-11)12-9-24-14-3-1-2-13(20)16(14)17(12,22)8-15(21)18-23/h1-7,9,19-20,22-23H,8H2,(H,18,21). The van der Waals surface area contributed by atoms with Crippen LogP contribution in [0.4, 0.5) is 0 Å². The van der Waals surface area contributed by atoms with Gasteiger partial charge in [-0.25, -0.2) is 5.48 Å². The monoisotopic (exact) mass is 329 g/mol. The van der Waals surface area contributed by atoms with Crippen molar-refractivity contribution in [1.82, 2.24) is 5.48 Å². The third-order valence-electron chi connectivity index (χ3n) is 3.89. The predicted octanol–water partition coefficient (Wildman–Crippen LogP) is 1.61. The van der Waals surface area contributed by atoms with Gasteiger partial charge in [-0.05, 0) is 29.8 Å². The number of carbonyl (C=O) groups excluding carboxylic acids is 1. The van der Waals surface area contributed by atoms with Crippen molar-refractivity contribution in [1.29, 1.82) is 0 Å². The van der Waals surface area contributed by atoms with E-state index >= 15 is 0 Å². The zero-order chi connectivity index (χ0) is 17.3. The van der Waals surface area contributed by atoms with Gasteiger partial charge in [-0.2, -0.15) is 0 Å². The van der Waals surface area contributed by atoms with Crippen molar-refractivity contribution in [2.45, 2.75) is 12.0 Å². The summed E-state index contributed by atoms with van der Waals surface area (Å²) in [6.07, 6.45) is 0.739. The van der Waals surface area contributed by atoms with Crippen LogP contribution in [-0.2, 0) is 10.4 Å². The lowest BCUT2D eigenvalue weighted by molar-refractivity contribution is -0.133. The van der Waals surface area contributed by atoms with Gasteiger partial charge in [0.25, 0.3) is 0 Å². The van der Waals surface area contributed by atoms with Gasteiger partial charge < -0.3 is 20.1 Å². The minimum absolute atomic E-state index is 0.0270. The molecule has 1 unspecified atom stereocenters. The summed E-state index contributed by atoms with van der Waals surface area (Å²) in [6.45, 7) is 0. The molecule has 0 aromatic heterocycles. The molecule has 1 aliphatic rings. The van der Waals surface area contributed by atoms with E-state index in [0.717, 1.165) is 0 Å². The molecule has 0 bridgehead atoms. The predicted molar refractivity (Wildman–Crippen MR) is 83.3 cm³/mol. The number of fused-ring (bicyclic) bond motifs is 1. The molecular formula is C17H15NO6. The lowest BCUT2D eigenvalue weighted by Crippen LogP contribution is -2.37. The lowest BCUT2D eigenvalue weighted by atomic mass is 9.78. The van der Waals surface area contributed by atoms with Gasteiger partial charge in [0.2, 0.25) is 5.91 Å². The van der Waals surface area contributed by atoms with E-state index in [4.69, 9.17) is 9.94 Å². The van der Waals surface area contributed by atoms with Gasteiger partial charge in [0.15, 0.2) is 0 Å². The van der Waals surface area contributed by atoms with Crippen LogP contribution in [0.3, 0.4) is 0 Å². The highest BCUT2D eigenvalue weighted by molar-refractivity contribution is 5.85. The fourth-order valence-corrected chi connectivity index (χ4v) is 2.79. The van der Waals surface area contributed by atoms with Crippen LogP contribution in [0, 0.1) is 0 Å². The maximum atomic E-state index is 11.7. The Morgan fingerprint density at radius 1 is 1.12 bits per heavy atom. The van der Waals surface area contributed by atoms with E-state index < -0.39 is 17.9 Å². The summed E-state index contributed by atoms with van der Waals surface area (Å²) in [4.78, 5) is 11.7. The highest BCUT2D eigenvalue weighted by Crippen LogP contribution is 2.49. The van der Waals surface area contributed by atoms with Gasteiger partial charge in [0.1, 0.15) is 22.8 Å². The van der Waals surface area contributed by atoms with Crippen LogP contribution in [-0.4, -0.2) is 26.4 Å². The van der Waals surface area contributed by atoms with Gasteiger partial charge >= 0.3 is 0 Å². The van der Waals surface area contributed by atoms with E-state index in [1.165, 1.54) is 42.1 Å². The minimum Gasteiger partial charge on any atom is -0.508 e. The van der Waals surface area contributed by atoms with Crippen LogP contribution in [0.1, 0.15) is 17.5 Å². The number of carbonyl (C=O) groups is 1. The number of hydrogen-bond acceptors (Lipinski definition) is 6. The number of benzene rings is 2. The number of amides is 1. The summed E-state index contributed by atoms with van der Waals surface area (Å²) in [5, 5.41) is 39.7. The maximum Gasteiger partial charge on any atom is 0.246 e. The van der Waals surface area contributed by atoms with E-state index in [-0.39, 0.29) is 28.4 Å². The van der Waals surface area contributed by atoms with Crippen molar-refractivity contribution >= 4 is 11.5 Å². The first-order chi connectivity index (χ1) is 11.5. The van der Waals surface area contributed by atoms with Crippen molar-refractivity contribution in [3.8, 4) is 17.2 Å². The highest BCUT2D eigenvalue weighted by atomic mass is 16.5. The molecule has 0 aliphatic carbocycles. The Morgan fingerprint density at radius 3 is 2.50 bits per heavy atom. The average Bonchev–Trinajstić information content (AvgIpc) is 2.56. The molecule has 0 saturated carbocycles.